The fraction of sp³-hybridized carbons (Fsp3) is 0.208. The number of halogens is 1. The van der Waals surface area contributed by atoms with Crippen molar-refractivity contribution in [3.8, 4) is 5.75 Å². The summed E-state index contributed by atoms with van der Waals surface area (Å²) in [5.41, 5.74) is 9.43. The molecule has 33 heavy (non-hydrogen) atoms. The molecule has 2 aromatic carbocycles. The summed E-state index contributed by atoms with van der Waals surface area (Å²) in [5, 5.41) is 4.74. The number of anilines is 3. The van der Waals surface area contributed by atoms with E-state index in [2.05, 4.69) is 25.2 Å². The van der Waals surface area contributed by atoms with Gasteiger partial charge < -0.3 is 25.4 Å². The third kappa shape index (κ3) is 4.62. The average Bonchev–Trinajstić information content (AvgIpc) is 3.19. The molecular formula is C24H23ClN6O2. The topological polar surface area (TPSA) is 98.4 Å². The zero-order valence-corrected chi connectivity index (χ0v) is 18.7. The normalized spacial score (nSPS) is 17.9. The average molecular weight is 463 g/mol. The minimum Gasteiger partial charge on any atom is -0.486 e. The minimum absolute atomic E-state index is 0.0372. The summed E-state index contributed by atoms with van der Waals surface area (Å²) < 4.78 is 12.0. The second-order valence-corrected chi connectivity index (χ2v) is 8.22. The van der Waals surface area contributed by atoms with Gasteiger partial charge in [0, 0.05) is 29.5 Å². The van der Waals surface area contributed by atoms with E-state index in [-0.39, 0.29) is 12.5 Å². The van der Waals surface area contributed by atoms with Crippen molar-refractivity contribution in [3.63, 3.8) is 0 Å². The number of benzene rings is 2. The van der Waals surface area contributed by atoms with E-state index < -0.39 is 0 Å². The largest absolute Gasteiger partial charge is 0.486 e. The number of pyridine rings is 1. The first kappa shape index (κ1) is 21.2. The molecule has 1 aliphatic rings. The molecule has 1 unspecified atom stereocenters. The third-order valence-corrected chi connectivity index (χ3v) is 5.70. The molecule has 2 aromatic heterocycles. The summed E-state index contributed by atoms with van der Waals surface area (Å²) in [6, 6.07) is 17.2. The Labute approximate surface area is 196 Å². The lowest BCUT2D eigenvalue weighted by Gasteiger charge is -2.27. The van der Waals surface area contributed by atoms with Crippen LogP contribution in [-0.2, 0) is 11.3 Å². The van der Waals surface area contributed by atoms with E-state index in [9.17, 15) is 0 Å². The molecule has 0 bridgehead atoms. The molecule has 1 saturated heterocycles. The number of rotatable bonds is 6. The zero-order chi connectivity index (χ0) is 22.8. The molecule has 1 aliphatic heterocycles. The standard InChI is InChI=1S/C24H23ClN6O2/c1-15-12-31(18-6-8-22(20(25)11-18)32-13-17-4-2-3-9-27-17)24(33-15)30-16-5-7-21-19(10-16)23(26)29-14-28-21/h2-11,14-15,24,30H,12-13H2,1H3,(H2,26,28,29)/t15-,24?/m0/s1. The Morgan fingerprint density at radius 3 is 2.88 bits per heavy atom. The highest BCUT2D eigenvalue weighted by Crippen LogP contribution is 2.33. The van der Waals surface area contributed by atoms with Crippen molar-refractivity contribution in [1.29, 1.82) is 0 Å². The van der Waals surface area contributed by atoms with Crippen molar-refractivity contribution in [2.45, 2.75) is 26.0 Å². The number of ether oxygens (including phenoxy) is 2. The number of hydrogen-bond acceptors (Lipinski definition) is 8. The molecule has 3 N–H and O–H groups in total. The van der Waals surface area contributed by atoms with Crippen LogP contribution in [0.25, 0.3) is 10.9 Å². The molecule has 8 nitrogen and oxygen atoms in total. The van der Waals surface area contributed by atoms with Crippen molar-refractivity contribution < 1.29 is 9.47 Å². The van der Waals surface area contributed by atoms with Crippen LogP contribution in [0.15, 0.2) is 67.1 Å². The summed E-state index contributed by atoms with van der Waals surface area (Å²) in [6.07, 6.45) is 2.86. The van der Waals surface area contributed by atoms with Gasteiger partial charge in [0.1, 0.15) is 24.5 Å². The number of nitrogens with one attached hydrogen (secondary N) is 1. The molecule has 9 heteroatoms. The first-order chi connectivity index (χ1) is 16.1. The van der Waals surface area contributed by atoms with Crippen molar-refractivity contribution in [2.24, 2.45) is 0 Å². The Balaban J connectivity index is 1.33. The van der Waals surface area contributed by atoms with Crippen LogP contribution in [0.2, 0.25) is 5.02 Å². The Morgan fingerprint density at radius 1 is 1.15 bits per heavy atom. The smallest absolute Gasteiger partial charge is 0.208 e. The summed E-state index contributed by atoms with van der Waals surface area (Å²) in [7, 11) is 0. The van der Waals surface area contributed by atoms with E-state index >= 15 is 0 Å². The lowest BCUT2D eigenvalue weighted by Crippen LogP contribution is -2.36. The lowest BCUT2D eigenvalue weighted by atomic mass is 10.2. The van der Waals surface area contributed by atoms with Crippen molar-refractivity contribution >= 4 is 39.7 Å². The van der Waals surface area contributed by atoms with Gasteiger partial charge >= 0.3 is 0 Å². The predicted octanol–water partition coefficient (Wildman–Crippen LogP) is 4.46. The Morgan fingerprint density at radius 2 is 2.06 bits per heavy atom. The number of nitrogens with zero attached hydrogens (tertiary/aromatic N) is 4. The maximum Gasteiger partial charge on any atom is 0.208 e. The van der Waals surface area contributed by atoms with E-state index in [1.165, 1.54) is 6.33 Å². The van der Waals surface area contributed by atoms with Gasteiger partial charge in [-0.05, 0) is 55.5 Å². The van der Waals surface area contributed by atoms with Crippen LogP contribution in [0, 0.1) is 0 Å². The van der Waals surface area contributed by atoms with Crippen molar-refractivity contribution in [1.82, 2.24) is 15.0 Å². The summed E-state index contributed by atoms with van der Waals surface area (Å²) >= 11 is 6.54. The van der Waals surface area contributed by atoms with Gasteiger partial charge in [0.2, 0.25) is 6.35 Å². The first-order valence-electron chi connectivity index (χ1n) is 10.6. The Bertz CT molecular complexity index is 1270. The summed E-state index contributed by atoms with van der Waals surface area (Å²) in [5.74, 6) is 1.04. The number of aromatic nitrogens is 3. The third-order valence-electron chi connectivity index (χ3n) is 5.40. The predicted molar refractivity (Wildman–Crippen MR) is 129 cm³/mol. The van der Waals surface area contributed by atoms with Gasteiger partial charge in [0.25, 0.3) is 0 Å². The van der Waals surface area contributed by atoms with Crippen LogP contribution in [0.3, 0.4) is 0 Å². The SMILES string of the molecule is C[C@H]1CN(c2ccc(OCc3ccccn3)c(Cl)c2)C(Nc2ccc3ncnc(N)c3c2)O1. The number of hydrogen-bond donors (Lipinski definition) is 2. The molecule has 0 aliphatic carbocycles. The molecule has 0 spiro atoms. The molecule has 168 valence electrons. The highest BCUT2D eigenvalue weighted by molar-refractivity contribution is 6.32. The Hall–Kier alpha value is -3.62. The summed E-state index contributed by atoms with van der Waals surface area (Å²) in [6.45, 7) is 3.09. The van der Waals surface area contributed by atoms with Crippen LogP contribution in [-0.4, -0.2) is 34.0 Å². The molecule has 0 amide bonds. The van der Waals surface area contributed by atoms with Gasteiger partial charge in [-0.1, -0.05) is 17.7 Å². The van der Waals surface area contributed by atoms with Gasteiger partial charge in [-0.15, -0.1) is 0 Å². The molecular weight excluding hydrogens is 440 g/mol. The fourth-order valence-electron chi connectivity index (χ4n) is 3.79. The van der Waals surface area contributed by atoms with E-state index in [0.717, 1.165) is 28.0 Å². The fourth-order valence-corrected chi connectivity index (χ4v) is 4.02. The molecule has 0 radical (unpaired) electrons. The molecule has 1 fully saturated rings. The van der Waals surface area contributed by atoms with Gasteiger partial charge in [-0.2, -0.15) is 0 Å². The van der Waals surface area contributed by atoms with E-state index in [0.29, 0.717) is 29.7 Å². The number of nitrogen functional groups attached to an aromatic ring is 1. The van der Waals surface area contributed by atoms with E-state index in [1.807, 2.05) is 61.5 Å². The maximum absolute atomic E-state index is 6.54. The molecule has 0 saturated carbocycles. The van der Waals surface area contributed by atoms with Crippen LogP contribution in [0.1, 0.15) is 12.6 Å². The van der Waals surface area contributed by atoms with Crippen molar-refractivity contribution in [3.05, 3.63) is 77.8 Å². The highest BCUT2D eigenvalue weighted by Gasteiger charge is 2.31. The van der Waals surface area contributed by atoms with E-state index in [1.54, 1.807) is 6.20 Å². The quantitative estimate of drug-likeness (QED) is 0.433. The van der Waals surface area contributed by atoms with Gasteiger partial charge in [-0.3, -0.25) is 4.98 Å². The lowest BCUT2D eigenvalue weighted by molar-refractivity contribution is 0.0759. The Kier molecular flexibility index (Phi) is 5.85. The first-order valence-corrected chi connectivity index (χ1v) is 11.0. The zero-order valence-electron chi connectivity index (χ0n) is 18.0. The second-order valence-electron chi connectivity index (χ2n) is 7.81. The second kappa shape index (κ2) is 9.09. The monoisotopic (exact) mass is 462 g/mol. The number of fused-ring (bicyclic) bond motifs is 1. The molecule has 3 heterocycles. The highest BCUT2D eigenvalue weighted by atomic mass is 35.5. The van der Waals surface area contributed by atoms with Crippen molar-refractivity contribution in [2.75, 3.05) is 22.5 Å². The molecule has 2 atom stereocenters. The van der Waals surface area contributed by atoms with Gasteiger partial charge in [0.05, 0.1) is 22.3 Å². The maximum atomic E-state index is 6.54. The van der Waals surface area contributed by atoms with Crippen LogP contribution >= 0.6 is 11.6 Å². The van der Waals surface area contributed by atoms with Crippen LogP contribution in [0.4, 0.5) is 17.2 Å². The number of nitrogens with two attached hydrogens (primary N) is 1. The summed E-state index contributed by atoms with van der Waals surface area (Å²) in [4.78, 5) is 14.7. The van der Waals surface area contributed by atoms with Gasteiger partial charge in [-0.25, -0.2) is 9.97 Å². The van der Waals surface area contributed by atoms with Crippen LogP contribution in [0.5, 0.6) is 5.75 Å². The molecule has 4 aromatic rings. The van der Waals surface area contributed by atoms with Gasteiger partial charge in [0.15, 0.2) is 0 Å². The molecule has 5 rings (SSSR count). The van der Waals surface area contributed by atoms with Crippen LogP contribution < -0.4 is 20.7 Å². The van der Waals surface area contributed by atoms with E-state index in [4.69, 9.17) is 26.8 Å². The minimum atomic E-state index is -0.375.